The summed E-state index contributed by atoms with van der Waals surface area (Å²) >= 11 is 7.36. The minimum Gasteiger partial charge on any atom is -0.294 e. The van der Waals surface area contributed by atoms with Crippen LogP contribution in [0.15, 0.2) is 29.2 Å². The van der Waals surface area contributed by atoms with Crippen molar-refractivity contribution in [2.24, 2.45) is 0 Å². The molecule has 0 saturated heterocycles. The number of nitrogens with one attached hydrogen (secondary N) is 1. The van der Waals surface area contributed by atoms with E-state index in [1.54, 1.807) is 12.1 Å². The maximum Gasteiger partial charge on any atom is 0.264 e. The Balaban J connectivity index is 2.05. The maximum absolute atomic E-state index is 12.6. The van der Waals surface area contributed by atoms with Crippen molar-refractivity contribution in [3.63, 3.8) is 0 Å². The Bertz CT molecular complexity index is 871. The Labute approximate surface area is 144 Å². The summed E-state index contributed by atoms with van der Waals surface area (Å²) in [6.07, 6.45) is 3.82. The minimum atomic E-state index is -3.82. The normalized spacial score (nSPS) is 14.3. The van der Waals surface area contributed by atoms with Gasteiger partial charge in [-0.25, -0.2) is 8.42 Å². The molecule has 0 aliphatic heterocycles. The lowest BCUT2D eigenvalue weighted by molar-refractivity contribution is 0.101. The van der Waals surface area contributed by atoms with Gasteiger partial charge < -0.3 is 0 Å². The van der Waals surface area contributed by atoms with Crippen molar-refractivity contribution < 1.29 is 13.2 Å². The third-order valence-corrected chi connectivity index (χ3v) is 7.06. The first-order valence-electron chi connectivity index (χ1n) is 7.33. The predicted octanol–water partition coefficient (Wildman–Crippen LogP) is 4.28. The fourth-order valence-corrected chi connectivity index (χ4v) is 6.01. The van der Waals surface area contributed by atoms with Gasteiger partial charge in [0.05, 0.1) is 10.6 Å². The quantitative estimate of drug-likeness (QED) is 0.818. The molecule has 2 aromatic rings. The molecule has 7 heteroatoms. The van der Waals surface area contributed by atoms with E-state index in [0.717, 1.165) is 36.1 Å². The van der Waals surface area contributed by atoms with Gasteiger partial charge in [0.1, 0.15) is 9.90 Å². The van der Waals surface area contributed by atoms with Gasteiger partial charge in [0.25, 0.3) is 10.0 Å². The van der Waals surface area contributed by atoms with E-state index in [2.05, 4.69) is 4.72 Å². The highest BCUT2D eigenvalue weighted by Gasteiger charge is 2.27. The molecule has 0 fully saturated rings. The minimum absolute atomic E-state index is 0.0162. The van der Waals surface area contributed by atoms with Crippen LogP contribution in [0.5, 0.6) is 0 Å². The van der Waals surface area contributed by atoms with Crippen molar-refractivity contribution in [2.75, 3.05) is 4.72 Å². The zero-order chi connectivity index (χ0) is 16.6. The van der Waals surface area contributed by atoms with E-state index in [4.69, 9.17) is 11.6 Å². The number of halogens is 1. The van der Waals surface area contributed by atoms with Gasteiger partial charge >= 0.3 is 0 Å². The van der Waals surface area contributed by atoms with Crippen LogP contribution < -0.4 is 4.72 Å². The van der Waals surface area contributed by atoms with Crippen LogP contribution in [-0.4, -0.2) is 14.2 Å². The number of anilines is 1. The van der Waals surface area contributed by atoms with Gasteiger partial charge in [-0.1, -0.05) is 23.7 Å². The molecule has 0 saturated carbocycles. The first-order valence-corrected chi connectivity index (χ1v) is 10.0. The lowest BCUT2D eigenvalue weighted by Crippen LogP contribution is -2.14. The Morgan fingerprint density at radius 2 is 1.91 bits per heavy atom. The number of fused-ring (bicyclic) bond motifs is 1. The van der Waals surface area contributed by atoms with Crippen LogP contribution in [0.3, 0.4) is 0 Å². The van der Waals surface area contributed by atoms with Crippen molar-refractivity contribution in [3.05, 3.63) is 45.3 Å². The number of Topliss-reactive ketones (excluding diaryl/α,β-unsaturated/α-hetero) is 1. The molecule has 0 amide bonds. The molecule has 1 aromatic carbocycles. The standard InChI is InChI=1S/C16H16ClNO3S2/c1-10(19)15-11-6-2-4-8-13(11)22-16(15)18-23(20,21)14-9-5-3-7-12(14)17/h3,5,7,9,18H,2,4,6,8H2,1H3. The van der Waals surface area contributed by atoms with E-state index in [1.165, 1.54) is 30.4 Å². The van der Waals surface area contributed by atoms with E-state index in [9.17, 15) is 13.2 Å². The average molecular weight is 370 g/mol. The van der Waals surface area contributed by atoms with Gasteiger partial charge in [0, 0.05) is 4.88 Å². The summed E-state index contributed by atoms with van der Waals surface area (Å²) in [4.78, 5) is 13.2. The van der Waals surface area contributed by atoms with E-state index in [0.29, 0.717) is 10.6 Å². The molecule has 4 nitrogen and oxygen atoms in total. The molecule has 0 bridgehead atoms. The Hall–Kier alpha value is -1.37. The highest BCUT2D eigenvalue weighted by molar-refractivity contribution is 7.93. The third kappa shape index (κ3) is 3.16. The van der Waals surface area contributed by atoms with Gasteiger partial charge in [0.2, 0.25) is 0 Å². The van der Waals surface area contributed by atoms with Crippen LogP contribution in [0, 0.1) is 0 Å². The third-order valence-electron chi connectivity index (χ3n) is 3.88. The maximum atomic E-state index is 12.6. The fourth-order valence-electron chi connectivity index (χ4n) is 2.85. The molecule has 3 rings (SSSR count). The summed E-state index contributed by atoms with van der Waals surface area (Å²) < 4.78 is 27.8. The topological polar surface area (TPSA) is 63.2 Å². The smallest absolute Gasteiger partial charge is 0.264 e. The van der Waals surface area contributed by atoms with Crippen LogP contribution in [-0.2, 0) is 22.9 Å². The molecule has 1 aliphatic rings. The highest BCUT2D eigenvalue weighted by Crippen LogP contribution is 2.39. The number of rotatable bonds is 4. The molecule has 0 spiro atoms. The molecular formula is C16H16ClNO3S2. The molecule has 23 heavy (non-hydrogen) atoms. The van der Waals surface area contributed by atoms with Crippen LogP contribution in [0.25, 0.3) is 0 Å². The van der Waals surface area contributed by atoms with Crippen LogP contribution >= 0.6 is 22.9 Å². The van der Waals surface area contributed by atoms with Crippen molar-refractivity contribution in [3.8, 4) is 0 Å². The molecule has 0 radical (unpaired) electrons. The van der Waals surface area contributed by atoms with Crippen LogP contribution in [0.2, 0.25) is 5.02 Å². The fraction of sp³-hybridized carbons (Fsp3) is 0.312. The summed E-state index contributed by atoms with van der Waals surface area (Å²) in [5.41, 5.74) is 1.52. The Morgan fingerprint density at radius 3 is 2.61 bits per heavy atom. The molecule has 1 aromatic heterocycles. The number of benzene rings is 1. The molecular weight excluding hydrogens is 354 g/mol. The van der Waals surface area contributed by atoms with E-state index in [-0.39, 0.29) is 15.7 Å². The average Bonchev–Trinajstić information content (AvgIpc) is 2.84. The second-order valence-corrected chi connectivity index (χ2v) is 8.67. The number of ketones is 1. The first kappa shape index (κ1) is 16.5. The summed E-state index contributed by atoms with van der Waals surface area (Å²) in [7, 11) is -3.82. The van der Waals surface area contributed by atoms with E-state index in [1.807, 2.05) is 0 Å². The number of carbonyl (C=O) groups excluding carboxylic acids is 1. The zero-order valence-corrected chi connectivity index (χ0v) is 14.9. The first-order chi connectivity index (χ1) is 10.9. The van der Waals surface area contributed by atoms with Crippen LogP contribution in [0.1, 0.15) is 40.6 Å². The van der Waals surface area contributed by atoms with Crippen molar-refractivity contribution in [1.82, 2.24) is 0 Å². The second kappa shape index (κ2) is 6.26. The molecule has 0 unspecified atom stereocenters. The number of carbonyl (C=O) groups is 1. The largest absolute Gasteiger partial charge is 0.294 e. The lowest BCUT2D eigenvalue weighted by atomic mass is 9.94. The molecule has 122 valence electrons. The molecule has 1 aliphatic carbocycles. The van der Waals surface area contributed by atoms with E-state index >= 15 is 0 Å². The summed E-state index contributed by atoms with van der Waals surface area (Å²) in [6.45, 7) is 1.48. The van der Waals surface area contributed by atoms with Crippen molar-refractivity contribution >= 4 is 43.7 Å². The van der Waals surface area contributed by atoms with Crippen molar-refractivity contribution in [1.29, 1.82) is 0 Å². The summed E-state index contributed by atoms with van der Waals surface area (Å²) in [5, 5.41) is 0.565. The Morgan fingerprint density at radius 1 is 1.22 bits per heavy atom. The number of thiophene rings is 1. The van der Waals surface area contributed by atoms with Gasteiger partial charge in [0.15, 0.2) is 5.78 Å². The van der Waals surface area contributed by atoms with E-state index < -0.39 is 10.0 Å². The summed E-state index contributed by atoms with van der Waals surface area (Å²) in [5.74, 6) is -0.110. The van der Waals surface area contributed by atoms with Crippen molar-refractivity contribution in [2.45, 2.75) is 37.5 Å². The zero-order valence-electron chi connectivity index (χ0n) is 12.6. The number of sulfonamides is 1. The SMILES string of the molecule is CC(=O)c1c(NS(=O)(=O)c2ccccc2Cl)sc2c1CCCC2. The van der Waals surface area contributed by atoms with Gasteiger partial charge in [-0.05, 0) is 50.3 Å². The number of hydrogen-bond donors (Lipinski definition) is 1. The predicted molar refractivity (Wildman–Crippen MR) is 93.2 cm³/mol. The van der Waals surface area contributed by atoms with Gasteiger partial charge in [-0.2, -0.15) is 0 Å². The summed E-state index contributed by atoms with van der Waals surface area (Å²) in [6, 6.07) is 6.27. The molecule has 1 heterocycles. The van der Waals surface area contributed by atoms with Gasteiger partial charge in [-0.3, -0.25) is 9.52 Å². The second-order valence-electron chi connectivity index (χ2n) is 5.51. The number of hydrogen-bond acceptors (Lipinski definition) is 4. The number of aryl methyl sites for hydroxylation is 1. The molecule has 1 N–H and O–H groups in total. The molecule has 0 atom stereocenters. The van der Waals surface area contributed by atoms with Crippen LogP contribution in [0.4, 0.5) is 5.00 Å². The monoisotopic (exact) mass is 369 g/mol. The highest BCUT2D eigenvalue weighted by atomic mass is 35.5. The Kier molecular flexibility index (Phi) is 4.49. The van der Waals surface area contributed by atoms with Gasteiger partial charge in [-0.15, -0.1) is 11.3 Å². The lowest BCUT2D eigenvalue weighted by Gasteiger charge is -2.12.